The minimum Gasteiger partial charge on any atom is -0.366 e. The SMILES string of the molecule is NC(=O)c1ccc(-c2ccccc2CN2CCC(=O)CC2)cc1. The Morgan fingerprint density at radius 1 is 1.00 bits per heavy atom. The number of hydrogen-bond donors (Lipinski definition) is 1. The van der Waals surface area contributed by atoms with Gasteiger partial charge in [0.25, 0.3) is 0 Å². The van der Waals surface area contributed by atoms with Gasteiger partial charge in [-0.2, -0.15) is 0 Å². The number of benzene rings is 2. The fourth-order valence-corrected chi connectivity index (χ4v) is 2.96. The molecule has 0 atom stereocenters. The van der Waals surface area contributed by atoms with Crippen LogP contribution in [0.1, 0.15) is 28.8 Å². The summed E-state index contributed by atoms with van der Waals surface area (Å²) in [6.45, 7) is 2.49. The largest absolute Gasteiger partial charge is 0.366 e. The van der Waals surface area contributed by atoms with Gasteiger partial charge in [0.1, 0.15) is 5.78 Å². The molecule has 0 spiro atoms. The third-order valence-electron chi connectivity index (χ3n) is 4.31. The summed E-state index contributed by atoms with van der Waals surface area (Å²) in [5.41, 5.74) is 9.26. The van der Waals surface area contributed by atoms with Crippen molar-refractivity contribution in [1.29, 1.82) is 0 Å². The van der Waals surface area contributed by atoms with Crippen molar-refractivity contribution in [1.82, 2.24) is 4.90 Å². The number of carbonyl (C=O) groups is 2. The van der Waals surface area contributed by atoms with E-state index >= 15 is 0 Å². The molecule has 1 amide bonds. The van der Waals surface area contributed by atoms with Gasteiger partial charge in [-0.3, -0.25) is 14.5 Å². The Bertz CT molecular complexity index is 712. The maximum Gasteiger partial charge on any atom is 0.248 e. The molecule has 0 aliphatic carbocycles. The lowest BCUT2D eigenvalue weighted by atomic mass is 9.97. The van der Waals surface area contributed by atoms with Crippen molar-refractivity contribution in [3.8, 4) is 11.1 Å². The molecule has 4 nitrogen and oxygen atoms in total. The summed E-state index contributed by atoms with van der Waals surface area (Å²) in [6, 6.07) is 15.6. The molecule has 3 rings (SSSR count). The first-order valence-electron chi connectivity index (χ1n) is 7.85. The summed E-state index contributed by atoms with van der Waals surface area (Å²) in [6.07, 6.45) is 1.30. The summed E-state index contributed by atoms with van der Waals surface area (Å²) in [4.78, 5) is 24.9. The Balaban J connectivity index is 1.82. The van der Waals surface area contributed by atoms with E-state index in [9.17, 15) is 9.59 Å². The van der Waals surface area contributed by atoms with Crippen LogP contribution in [0.4, 0.5) is 0 Å². The molecule has 0 bridgehead atoms. The number of nitrogens with two attached hydrogens (primary N) is 1. The van der Waals surface area contributed by atoms with Gasteiger partial charge in [0.15, 0.2) is 0 Å². The molecule has 4 heteroatoms. The average molecular weight is 308 g/mol. The topological polar surface area (TPSA) is 63.4 Å². The van der Waals surface area contributed by atoms with E-state index in [0.29, 0.717) is 24.2 Å². The second-order valence-corrected chi connectivity index (χ2v) is 5.91. The van der Waals surface area contributed by atoms with Crippen LogP contribution in [-0.2, 0) is 11.3 Å². The van der Waals surface area contributed by atoms with Gasteiger partial charge in [-0.1, -0.05) is 36.4 Å². The molecule has 0 radical (unpaired) electrons. The van der Waals surface area contributed by atoms with Crippen molar-refractivity contribution < 1.29 is 9.59 Å². The number of piperidine rings is 1. The summed E-state index contributed by atoms with van der Waals surface area (Å²) in [5, 5.41) is 0. The zero-order chi connectivity index (χ0) is 16.2. The van der Waals surface area contributed by atoms with E-state index in [1.807, 2.05) is 24.3 Å². The number of likely N-dealkylation sites (tertiary alicyclic amines) is 1. The van der Waals surface area contributed by atoms with E-state index in [4.69, 9.17) is 5.73 Å². The number of amides is 1. The van der Waals surface area contributed by atoms with Crippen LogP contribution in [0.25, 0.3) is 11.1 Å². The molecular formula is C19H20N2O2. The van der Waals surface area contributed by atoms with E-state index in [1.54, 1.807) is 12.1 Å². The third-order valence-corrected chi connectivity index (χ3v) is 4.31. The zero-order valence-electron chi connectivity index (χ0n) is 13.0. The quantitative estimate of drug-likeness (QED) is 0.944. The van der Waals surface area contributed by atoms with Crippen molar-refractivity contribution >= 4 is 11.7 Å². The minimum absolute atomic E-state index is 0.358. The molecule has 118 valence electrons. The van der Waals surface area contributed by atoms with Crippen LogP contribution >= 0.6 is 0 Å². The van der Waals surface area contributed by atoms with E-state index in [2.05, 4.69) is 17.0 Å². The average Bonchev–Trinajstić information content (AvgIpc) is 2.57. The molecule has 23 heavy (non-hydrogen) atoms. The number of ketones is 1. The van der Waals surface area contributed by atoms with Crippen molar-refractivity contribution in [2.45, 2.75) is 19.4 Å². The van der Waals surface area contributed by atoms with Crippen LogP contribution in [0.15, 0.2) is 48.5 Å². The van der Waals surface area contributed by atoms with Crippen LogP contribution in [-0.4, -0.2) is 29.7 Å². The number of nitrogens with zero attached hydrogens (tertiary/aromatic N) is 1. The number of rotatable bonds is 4. The molecule has 1 heterocycles. The van der Waals surface area contributed by atoms with Crippen LogP contribution in [0.5, 0.6) is 0 Å². The van der Waals surface area contributed by atoms with Crippen molar-refractivity contribution in [2.24, 2.45) is 5.73 Å². The Morgan fingerprint density at radius 3 is 2.30 bits per heavy atom. The molecule has 1 saturated heterocycles. The van der Waals surface area contributed by atoms with Gasteiger partial charge < -0.3 is 5.73 Å². The van der Waals surface area contributed by atoms with Crippen LogP contribution in [0, 0.1) is 0 Å². The standard InChI is InChI=1S/C19H20N2O2/c20-19(23)15-7-5-14(6-8-15)18-4-2-1-3-16(18)13-21-11-9-17(22)10-12-21/h1-8H,9-13H2,(H2,20,23). The van der Waals surface area contributed by atoms with E-state index in [1.165, 1.54) is 5.56 Å². The maximum absolute atomic E-state index is 11.4. The maximum atomic E-state index is 11.4. The highest BCUT2D eigenvalue weighted by Gasteiger charge is 2.17. The Hall–Kier alpha value is -2.46. The molecular weight excluding hydrogens is 288 g/mol. The summed E-state index contributed by atoms with van der Waals surface area (Å²) in [7, 11) is 0. The van der Waals surface area contributed by atoms with Crippen molar-refractivity contribution in [3.63, 3.8) is 0 Å². The van der Waals surface area contributed by atoms with Crippen molar-refractivity contribution in [3.05, 3.63) is 59.7 Å². The molecule has 2 aromatic rings. The summed E-state index contributed by atoms with van der Waals surface area (Å²) < 4.78 is 0. The molecule has 2 N–H and O–H groups in total. The van der Waals surface area contributed by atoms with E-state index in [0.717, 1.165) is 30.8 Å². The summed E-state index contributed by atoms with van der Waals surface area (Å²) >= 11 is 0. The Morgan fingerprint density at radius 2 is 1.65 bits per heavy atom. The molecule has 1 aliphatic heterocycles. The lowest BCUT2D eigenvalue weighted by molar-refractivity contribution is -0.121. The number of hydrogen-bond acceptors (Lipinski definition) is 3. The van der Waals surface area contributed by atoms with Crippen molar-refractivity contribution in [2.75, 3.05) is 13.1 Å². The molecule has 0 aromatic heterocycles. The van der Waals surface area contributed by atoms with Gasteiger partial charge >= 0.3 is 0 Å². The first kappa shape index (κ1) is 15.4. The molecule has 0 unspecified atom stereocenters. The van der Waals surface area contributed by atoms with E-state index in [-0.39, 0.29) is 0 Å². The molecule has 0 saturated carbocycles. The highest BCUT2D eigenvalue weighted by Crippen LogP contribution is 2.26. The smallest absolute Gasteiger partial charge is 0.248 e. The predicted octanol–water partition coefficient (Wildman–Crippen LogP) is 2.62. The second-order valence-electron chi connectivity index (χ2n) is 5.91. The Kier molecular flexibility index (Phi) is 4.53. The van der Waals surface area contributed by atoms with Crippen LogP contribution in [0.3, 0.4) is 0 Å². The highest BCUT2D eigenvalue weighted by molar-refractivity contribution is 5.93. The third kappa shape index (κ3) is 3.66. The van der Waals surface area contributed by atoms with Crippen LogP contribution in [0.2, 0.25) is 0 Å². The fourth-order valence-electron chi connectivity index (χ4n) is 2.96. The molecule has 1 fully saturated rings. The van der Waals surface area contributed by atoms with Crippen LogP contribution < -0.4 is 5.73 Å². The minimum atomic E-state index is -0.414. The summed E-state index contributed by atoms with van der Waals surface area (Å²) in [5.74, 6) is -0.0561. The van der Waals surface area contributed by atoms with Gasteiger partial charge in [0.05, 0.1) is 0 Å². The Labute approximate surface area is 135 Å². The first-order chi connectivity index (χ1) is 11.1. The number of primary amides is 1. The van der Waals surface area contributed by atoms with Gasteiger partial charge in [-0.05, 0) is 28.8 Å². The second kappa shape index (κ2) is 6.75. The van der Waals surface area contributed by atoms with Gasteiger partial charge in [-0.15, -0.1) is 0 Å². The zero-order valence-corrected chi connectivity index (χ0v) is 13.0. The van der Waals surface area contributed by atoms with Gasteiger partial charge in [0.2, 0.25) is 5.91 Å². The lowest BCUT2D eigenvalue weighted by Crippen LogP contribution is -2.33. The first-order valence-corrected chi connectivity index (χ1v) is 7.85. The molecule has 1 aliphatic rings. The number of Topliss-reactive ketones (excluding diaryl/α,β-unsaturated/α-hetero) is 1. The lowest BCUT2D eigenvalue weighted by Gasteiger charge is -2.26. The number of carbonyl (C=O) groups excluding carboxylic acids is 2. The molecule has 2 aromatic carbocycles. The monoisotopic (exact) mass is 308 g/mol. The van der Waals surface area contributed by atoms with Gasteiger partial charge in [0, 0.05) is 38.0 Å². The predicted molar refractivity (Wildman–Crippen MR) is 89.9 cm³/mol. The van der Waals surface area contributed by atoms with E-state index < -0.39 is 5.91 Å². The fraction of sp³-hybridized carbons (Fsp3) is 0.263. The highest BCUT2D eigenvalue weighted by atomic mass is 16.1. The normalized spacial score (nSPS) is 15.6. The van der Waals surface area contributed by atoms with Gasteiger partial charge in [-0.25, -0.2) is 0 Å².